The van der Waals surface area contributed by atoms with Crippen LogP contribution in [0, 0.1) is 5.82 Å². The second-order valence-corrected chi connectivity index (χ2v) is 6.12. The van der Waals surface area contributed by atoms with Crippen LogP contribution in [0.5, 0.6) is 0 Å². The van der Waals surface area contributed by atoms with Crippen molar-refractivity contribution >= 4 is 44.9 Å². The molecule has 6 nitrogen and oxygen atoms in total. The Morgan fingerprint density at radius 2 is 1.65 bits per heavy atom. The van der Waals surface area contributed by atoms with Crippen LogP contribution in [0.25, 0.3) is 0 Å². The Morgan fingerprint density at radius 1 is 1.15 bits per heavy atom. The van der Waals surface area contributed by atoms with Crippen LogP contribution in [-0.4, -0.2) is 18.4 Å². The van der Waals surface area contributed by atoms with E-state index >= 15 is 0 Å². The Labute approximate surface area is 123 Å². The number of rotatable bonds is 3. The number of aromatic nitrogens is 2. The second kappa shape index (κ2) is 5.39. The van der Waals surface area contributed by atoms with Crippen molar-refractivity contribution in [1.82, 2.24) is 9.97 Å². The molecule has 0 saturated heterocycles. The molecule has 0 saturated carbocycles. The molecule has 0 unspecified atom stereocenters. The molecular weight excluding hydrogens is 330 g/mol. The molecule has 0 aliphatic rings. The zero-order valence-electron chi connectivity index (χ0n) is 9.64. The number of sulfonamides is 1. The lowest BCUT2D eigenvalue weighted by Gasteiger charge is -2.11. The van der Waals surface area contributed by atoms with Crippen molar-refractivity contribution in [3.05, 3.63) is 40.4 Å². The Morgan fingerprint density at radius 3 is 2.15 bits per heavy atom. The number of benzene rings is 1. The number of hydrogen-bond donors (Lipinski definition) is 2. The number of anilines is 2. The topological polar surface area (TPSA) is 98.0 Å². The molecule has 0 aliphatic heterocycles. The summed E-state index contributed by atoms with van der Waals surface area (Å²) in [6, 6.07) is 1.87. The first-order chi connectivity index (χ1) is 9.29. The van der Waals surface area contributed by atoms with Gasteiger partial charge in [-0.25, -0.2) is 22.8 Å². The summed E-state index contributed by atoms with van der Waals surface area (Å²) in [5.74, 6) is -0.749. The van der Waals surface area contributed by atoms with Gasteiger partial charge in [-0.05, 0) is 12.1 Å². The van der Waals surface area contributed by atoms with Gasteiger partial charge in [0.25, 0.3) is 10.0 Å². The molecule has 20 heavy (non-hydrogen) atoms. The van der Waals surface area contributed by atoms with Gasteiger partial charge in [0, 0.05) is 0 Å². The van der Waals surface area contributed by atoms with Crippen molar-refractivity contribution < 1.29 is 12.8 Å². The highest BCUT2D eigenvalue weighted by Gasteiger charge is 2.19. The second-order valence-electron chi connectivity index (χ2n) is 3.63. The van der Waals surface area contributed by atoms with Gasteiger partial charge in [-0.3, -0.25) is 4.72 Å². The van der Waals surface area contributed by atoms with E-state index in [1.807, 2.05) is 0 Å². The molecule has 0 fully saturated rings. The summed E-state index contributed by atoms with van der Waals surface area (Å²) >= 11 is 11.5. The van der Waals surface area contributed by atoms with Crippen LogP contribution in [0.15, 0.2) is 29.4 Å². The lowest BCUT2D eigenvalue weighted by Crippen LogP contribution is -2.14. The zero-order valence-corrected chi connectivity index (χ0v) is 12.0. The smallest absolute Gasteiger partial charge is 0.265 e. The average Bonchev–Trinajstić information content (AvgIpc) is 2.34. The largest absolute Gasteiger partial charge is 0.368 e. The molecule has 3 N–H and O–H groups in total. The SMILES string of the molecule is Nc1ncc(S(=O)(=O)Nc2c(Cl)cc(F)cc2Cl)cn1. The third-order valence-electron chi connectivity index (χ3n) is 2.20. The summed E-state index contributed by atoms with van der Waals surface area (Å²) in [6.45, 7) is 0. The van der Waals surface area contributed by atoms with E-state index in [1.165, 1.54) is 0 Å². The van der Waals surface area contributed by atoms with Gasteiger partial charge in [0.15, 0.2) is 0 Å². The van der Waals surface area contributed by atoms with Gasteiger partial charge in [-0.1, -0.05) is 23.2 Å². The van der Waals surface area contributed by atoms with Crippen LogP contribution in [0.2, 0.25) is 10.0 Å². The fraction of sp³-hybridized carbons (Fsp3) is 0. The molecule has 0 amide bonds. The van der Waals surface area contributed by atoms with Gasteiger partial charge in [-0.15, -0.1) is 0 Å². The first-order valence-electron chi connectivity index (χ1n) is 5.04. The van der Waals surface area contributed by atoms with Crippen molar-refractivity contribution in [2.24, 2.45) is 0 Å². The van der Waals surface area contributed by atoms with Crippen LogP contribution in [0.4, 0.5) is 16.0 Å². The van der Waals surface area contributed by atoms with Crippen LogP contribution >= 0.6 is 23.2 Å². The summed E-state index contributed by atoms with van der Waals surface area (Å²) < 4.78 is 39.3. The normalized spacial score (nSPS) is 11.3. The maximum absolute atomic E-state index is 13.0. The monoisotopic (exact) mass is 336 g/mol. The zero-order chi connectivity index (χ0) is 14.9. The molecule has 1 aromatic carbocycles. The van der Waals surface area contributed by atoms with E-state index in [-0.39, 0.29) is 26.6 Å². The van der Waals surface area contributed by atoms with E-state index in [0.717, 1.165) is 24.5 Å². The molecule has 10 heteroatoms. The predicted molar refractivity (Wildman–Crippen MR) is 73.7 cm³/mol. The Balaban J connectivity index is 2.41. The molecule has 0 spiro atoms. The number of nitrogens with one attached hydrogen (secondary N) is 1. The van der Waals surface area contributed by atoms with Crippen molar-refractivity contribution in [3.8, 4) is 0 Å². The molecule has 1 aromatic heterocycles. The van der Waals surface area contributed by atoms with Crippen LogP contribution in [-0.2, 0) is 10.0 Å². The van der Waals surface area contributed by atoms with Crippen LogP contribution < -0.4 is 10.5 Å². The van der Waals surface area contributed by atoms with E-state index in [2.05, 4.69) is 14.7 Å². The molecule has 2 rings (SSSR count). The first-order valence-corrected chi connectivity index (χ1v) is 7.28. The number of nitrogens with two attached hydrogens (primary N) is 1. The van der Waals surface area contributed by atoms with E-state index in [9.17, 15) is 12.8 Å². The highest BCUT2D eigenvalue weighted by Crippen LogP contribution is 2.32. The summed E-state index contributed by atoms with van der Waals surface area (Å²) in [5, 5.41) is -0.343. The summed E-state index contributed by atoms with van der Waals surface area (Å²) in [4.78, 5) is 6.90. The maximum Gasteiger partial charge on any atom is 0.265 e. The Kier molecular flexibility index (Phi) is 3.98. The van der Waals surface area contributed by atoms with Gasteiger partial charge < -0.3 is 5.73 Å². The first kappa shape index (κ1) is 14.8. The molecule has 1 heterocycles. The molecule has 0 bridgehead atoms. The van der Waals surface area contributed by atoms with Crippen LogP contribution in [0.1, 0.15) is 0 Å². The average molecular weight is 337 g/mol. The van der Waals surface area contributed by atoms with Crippen LogP contribution in [0.3, 0.4) is 0 Å². The molecule has 0 atom stereocenters. The van der Waals surface area contributed by atoms with Crippen molar-refractivity contribution in [1.29, 1.82) is 0 Å². The van der Waals surface area contributed by atoms with Gasteiger partial charge in [0.1, 0.15) is 10.7 Å². The maximum atomic E-state index is 13.0. The van der Waals surface area contributed by atoms with Gasteiger partial charge >= 0.3 is 0 Å². The van der Waals surface area contributed by atoms with E-state index < -0.39 is 15.8 Å². The molecular formula is C10H7Cl2FN4O2S. The quantitative estimate of drug-likeness (QED) is 0.896. The third kappa shape index (κ3) is 3.09. The summed E-state index contributed by atoms with van der Waals surface area (Å²) in [5.41, 5.74) is 5.13. The number of halogens is 3. The molecule has 0 aliphatic carbocycles. The standard InChI is InChI=1S/C10H7Cl2FN4O2S/c11-7-1-5(13)2-8(12)9(7)17-20(18,19)6-3-15-10(14)16-4-6/h1-4,17H,(H2,14,15,16). The highest BCUT2D eigenvalue weighted by molar-refractivity contribution is 7.92. The molecule has 2 aromatic rings. The Hall–Kier alpha value is -1.64. The highest BCUT2D eigenvalue weighted by atomic mass is 35.5. The molecule has 0 radical (unpaired) electrons. The minimum absolute atomic E-state index is 0.0678. The number of nitrogen functional groups attached to an aromatic ring is 1. The van der Waals surface area contributed by atoms with Crippen molar-refractivity contribution in [2.75, 3.05) is 10.5 Å². The fourth-order valence-electron chi connectivity index (χ4n) is 1.30. The fourth-order valence-corrected chi connectivity index (χ4v) is 2.95. The van der Waals surface area contributed by atoms with Gasteiger partial charge in [-0.2, -0.15) is 0 Å². The van der Waals surface area contributed by atoms with Gasteiger partial charge in [0.2, 0.25) is 5.95 Å². The van der Waals surface area contributed by atoms with E-state index in [0.29, 0.717) is 0 Å². The van der Waals surface area contributed by atoms with Gasteiger partial charge in [0.05, 0.1) is 28.1 Å². The summed E-state index contributed by atoms with van der Waals surface area (Å²) in [7, 11) is -4.01. The van der Waals surface area contributed by atoms with Crippen molar-refractivity contribution in [2.45, 2.75) is 4.90 Å². The molecule has 106 valence electrons. The Bertz CT molecular complexity index is 729. The van der Waals surface area contributed by atoms with Crippen molar-refractivity contribution in [3.63, 3.8) is 0 Å². The predicted octanol–water partition coefficient (Wildman–Crippen LogP) is 2.31. The number of nitrogens with zero attached hydrogens (tertiary/aromatic N) is 2. The van der Waals surface area contributed by atoms with E-state index in [4.69, 9.17) is 28.9 Å². The number of hydrogen-bond acceptors (Lipinski definition) is 5. The minimum Gasteiger partial charge on any atom is -0.368 e. The summed E-state index contributed by atoms with van der Waals surface area (Å²) in [6.07, 6.45) is 2.05. The third-order valence-corrected chi connectivity index (χ3v) is 4.10. The lowest BCUT2D eigenvalue weighted by molar-refractivity contribution is 0.600. The minimum atomic E-state index is -4.01. The van der Waals surface area contributed by atoms with E-state index in [1.54, 1.807) is 0 Å². The lowest BCUT2D eigenvalue weighted by atomic mass is 10.3.